The number of likely N-dealkylation sites (N-methyl/N-ethyl adjacent to an activating group) is 1. The molecule has 86 valence electrons. The van der Waals surface area contributed by atoms with Gasteiger partial charge in [0.15, 0.2) is 0 Å². The van der Waals surface area contributed by atoms with Crippen LogP contribution in [-0.2, 0) is 9.47 Å². The van der Waals surface area contributed by atoms with E-state index in [1.54, 1.807) is 0 Å². The minimum Gasteiger partial charge on any atom is -0.394 e. The zero-order valence-electron chi connectivity index (χ0n) is 9.37. The molecule has 4 heteroatoms. The molecule has 0 heterocycles. The summed E-state index contributed by atoms with van der Waals surface area (Å²) in [6.07, 6.45) is 0. The molecule has 0 bridgehead atoms. The Morgan fingerprint density at radius 3 is 2.00 bits per heavy atom. The fourth-order valence-corrected chi connectivity index (χ4v) is 1.12. The highest BCUT2D eigenvalue weighted by molar-refractivity contribution is 4.49. The van der Waals surface area contributed by atoms with Crippen LogP contribution in [0.1, 0.15) is 13.8 Å². The van der Waals surface area contributed by atoms with Gasteiger partial charge < -0.3 is 19.5 Å². The van der Waals surface area contributed by atoms with Gasteiger partial charge in [-0.3, -0.25) is 0 Å². The molecule has 0 unspecified atom stereocenters. The first-order valence-electron chi connectivity index (χ1n) is 5.33. The van der Waals surface area contributed by atoms with E-state index in [-0.39, 0.29) is 6.61 Å². The molecular formula is C10H23NO3. The summed E-state index contributed by atoms with van der Waals surface area (Å²) in [6, 6.07) is 0. The van der Waals surface area contributed by atoms with Gasteiger partial charge in [0, 0.05) is 6.54 Å². The lowest BCUT2D eigenvalue weighted by atomic mass is 10.5. The molecule has 0 fully saturated rings. The highest BCUT2D eigenvalue weighted by Gasteiger charge is 1.97. The number of hydrogen-bond donors (Lipinski definition) is 1. The number of aliphatic hydroxyl groups is 1. The molecule has 0 aliphatic carbocycles. The van der Waals surface area contributed by atoms with E-state index in [4.69, 9.17) is 14.6 Å². The number of nitrogens with zero attached hydrogens (tertiary/aromatic N) is 1. The number of ether oxygens (including phenoxy) is 2. The van der Waals surface area contributed by atoms with Crippen LogP contribution in [0.25, 0.3) is 0 Å². The van der Waals surface area contributed by atoms with Gasteiger partial charge in [-0.25, -0.2) is 0 Å². The van der Waals surface area contributed by atoms with Crippen molar-refractivity contribution >= 4 is 0 Å². The maximum absolute atomic E-state index is 8.43. The Hall–Kier alpha value is -0.160. The molecule has 0 spiro atoms. The molecule has 0 aromatic carbocycles. The first-order chi connectivity index (χ1) is 6.85. The topological polar surface area (TPSA) is 41.9 Å². The Morgan fingerprint density at radius 1 is 0.929 bits per heavy atom. The van der Waals surface area contributed by atoms with E-state index < -0.39 is 0 Å². The zero-order valence-corrected chi connectivity index (χ0v) is 9.37. The van der Waals surface area contributed by atoms with Crippen molar-refractivity contribution in [3.63, 3.8) is 0 Å². The second-order valence-corrected chi connectivity index (χ2v) is 2.98. The summed E-state index contributed by atoms with van der Waals surface area (Å²) in [7, 11) is 0. The molecule has 4 nitrogen and oxygen atoms in total. The molecule has 0 atom stereocenters. The predicted molar refractivity (Wildman–Crippen MR) is 56.5 cm³/mol. The van der Waals surface area contributed by atoms with E-state index in [2.05, 4.69) is 18.7 Å². The average Bonchev–Trinajstić information content (AvgIpc) is 2.22. The lowest BCUT2D eigenvalue weighted by Gasteiger charge is -2.17. The first-order valence-corrected chi connectivity index (χ1v) is 5.33. The van der Waals surface area contributed by atoms with Crippen LogP contribution in [0.4, 0.5) is 0 Å². The maximum atomic E-state index is 8.43. The number of hydrogen-bond acceptors (Lipinski definition) is 4. The van der Waals surface area contributed by atoms with Gasteiger partial charge >= 0.3 is 0 Å². The minimum atomic E-state index is 0.0828. The SMILES string of the molecule is CCN(CC)CCOCCOCCO. The molecule has 0 aromatic rings. The van der Waals surface area contributed by atoms with Crippen LogP contribution in [0.2, 0.25) is 0 Å². The predicted octanol–water partition coefficient (Wildman–Crippen LogP) is 0.354. The molecule has 0 aromatic heterocycles. The third-order valence-electron chi connectivity index (χ3n) is 2.05. The van der Waals surface area contributed by atoms with Gasteiger partial charge in [-0.15, -0.1) is 0 Å². The largest absolute Gasteiger partial charge is 0.394 e. The fourth-order valence-electron chi connectivity index (χ4n) is 1.12. The highest BCUT2D eigenvalue weighted by Crippen LogP contribution is 1.87. The quantitative estimate of drug-likeness (QED) is 0.523. The molecular weight excluding hydrogens is 182 g/mol. The van der Waals surface area contributed by atoms with E-state index in [9.17, 15) is 0 Å². The zero-order chi connectivity index (χ0) is 10.6. The Morgan fingerprint density at radius 2 is 1.50 bits per heavy atom. The second kappa shape index (κ2) is 10.9. The molecule has 0 amide bonds. The van der Waals surface area contributed by atoms with Gasteiger partial charge in [0.2, 0.25) is 0 Å². The van der Waals surface area contributed by atoms with Gasteiger partial charge in [0.1, 0.15) is 0 Å². The van der Waals surface area contributed by atoms with Crippen LogP contribution in [0, 0.1) is 0 Å². The van der Waals surface area contributed by atoms with Gasteiger partial charge in [-0.2, -0.15) is 0 Å². The summed E-state index contributed by atoms with van der Waals surface area (Å²) in [4.78, 5) is 2.31. The summed E-state index contributed by atoms with van der Waals surface area (Å²) in [5.41, 5.74) is 0. The second-order valence-electron chi connectivity index (χ2n) is 2.98. The van der Waals surface area contributed by atoms with Gasteiger partial charge in [0.25, 0.3) is 0 Å². The Balaban J connectivity index is 3.04. The van der Waals surface area contributed by atoms with Crippen LogP contribution >= 0.6 is 0 Å². The van der Waals surface area contributed by atoms with Crippen molar-refractivity contribution in [2.24, 2.45) is 0 Å². The van der Waals surface area contributed by atoms with Crippen molar-refractivity contribution < 1.29 is 14.6 Å². The smallest absolute Gasteiger partial charge is 0.0701 e. The van der Waals surface area contributed by atoms with E-state index in [1.807, 2.05) is 0 Å². The molecule has 0 rings (SSSR count). The van der Waals surface area contributed by atoms with Crippen LogP contribution in [0.5, 0.6) is 0 Å². The summed E-state index contributed by atoms with van der Waals surface area (Å²) in [6.45, 7) is 9.83. The molecule has 0 saturated carbocycles. The van der Waals surface area contributed by atoms with Crippen LogP contribution < -0.4 is 0 Å². The summed E-state index contributed by atoms with van der Waals surface area (Å²) in [5.74, 6) is 0. The van der Waals surface area contributed by atoms with Crippen molar-refractivity contribution in [1.29, 1.82) is 0 Å². The molecule has 0 radical (unpaired) electrons. The first kappa shape index (κ1) is 13.8. The van der Waals surface area contributed by atoms with Crippen LogP contribution in [-0.4, -0.2) is 62.7 Å². The van der Waals surface area contributed by atoms with E-state index in [0.717, 1.165) is 26.2 Å². The van der Waals surface area contributed by atoms with Crippen molar-refractivity contribution in [3.8, 4) is 0 Å². The van der Waals surface area contributed by atoms with Crippen LogP contribution in [0.15, 0.2) is 0 Å². The van der Waals surface area contributed by atoms with E-state index >= 15 is 0 Å². The molecule has 14 heavy (non-hydrogen) atoms. The number of aliphatic hydroxyl groups excluding tert-OH is 1. The molecule has 0 aliphatic rings. The van der Waals surface area contributed by atoms with Crippen molar-refractivity contribution in [3.05, 3.63) is 0 Å². The Bertz CT molecular complexity index is 108. The Labute approximate surface area is 86.8 Å². The lowest BCUT2D eigenvalue weighted by Crippen LogP contribution is -2.27. The number of rotatable bonds is 10. The minimum absolute atomic E-state index is 0.0828. The monoisotopic (exact) mass is 205 g/mol. The Kier molecular flexibility index (Phi) is 10.8. The van der Waals surface area contributed by atoms with Gasteiger partial charge in [0.05, 0.1) is 33.0 Å². The third-order valence-corrected chi connectivity index (χ3v) is 2.05. The van der Waals surface area contributed by atoms with Crippen LogP contribution in [0.3, 0.4) is 0 Å². The summed E-state index contributed by atoms with van der Waals surface area (Å²) >= 11 is 0. The summed E-state index contributed by atoms with van der Waals surface area (Å²) < 4.78 is 10.4. The highest BCUT2D eigenvalue weighted by atomic mass is 16.5. The third kappa shape index (κ3) is 8.44. The lowest BCUT2D eigenvalue weighted by molar-refractivity contribution is 0.0272. The molecule has 0 aliphatic heterocycles. The van der Waals surface area contributed by atoms with E-state index in [0.29, 0.717) is 19.8 Å². The van der Waals surface area contributed by atoms with Gasteiger partial charge in [-0.1, -0.05) is 13.8 Å². The average molecular weight is 205 g/mol. The molecule has 1 N–H and O–H groups in total. The van der Waals surface area contributed by atoms with Crippen molar-refractivity contribution in [2.45, 2.75) is 13.8 Å². The summed E-state index contributed by atoms with van der Waals surface area (Å²) in [5, 5.41) is 8.43. The fraction of sp³-hybridized carbons (Fsp3) is 1.00. The van der Waals surface area contributed by atoms with Crippen molar-refractivity contribution in [1.82, 2.24) is 4.90 Å². The normalized spacial score (nSPS) is 11.1. The van der Waals surface area contributed by atoms with E-state index in [1.165, 1.54) is 0 Å². The standard InChI is InChI=1S/C10H23NO3/c1-3-11(4-2)5-7-13-9-10-14-8-6-12/h12H,3-10H2,1-2H3. The maximum Gasteiger partial charge on any atom is 0.0701 e. The molecule has 0 saturated heterocycles. The van der Waals surface area contributed by atoms with Crippen molar-refractivity contribution in [2.75, 3.05) is 52.7 Å². The van der Waals surface area contributed by atoms with Gasteiger partial charge in [-0.05, 0) is 13.1 Å².